The second-order valence-corrected chi connectivity index (χ2v) is 6.01. The van der Waals surface area contributed by atoms with Gasteiger partial charge in [0.05, 0.1) is 0 Å². The van der Waals surface area contributed by atoms with Gasteiger partial charge in [-0.25, -0.2) is 14.1 Å². The van der Waals surface area contributed by atoms with E-state index in [1.54, 1.807) is 18.5 Å². The minimum absolute atomic E-state index is 0.195. The molecule has 0 saturated carbocycles. The summed E-state index contributed by atoms with van der Waals surface area (Å²) in [5.41, 5.74) is 0.987. The van der Waals surface area contributed by atoms with Gasteiger partial charge in [0.2, 0.25) is 0 Å². The third kappa shape index (κ3) is 3.88. The average molecular weight is 340 g/mol. The Balaban J connectivity index is 2.16. The van der Waals surface area contributed by atoms with Crippen molar-refractivity contribution in [3.63, 3.8) is 0 Å². The topological polar surface area (TPSA) is 30.7 Å². The second kappa shape index (κ2) is 6.97. The van der Waals surface area contributed by atoms with Gasteiger partial charge in [0.1, 0.15) is 18.0 Å². The van der Waals surface area contributed by atoms with Gasteiger partial charge in [-0.2, -0.15) is 5.10 Å². The number of hydrogen-bond donors (Lipinski definition) is 0. The molecule has 108 valence electrons. The van der Waals surface area contributed by atoms with Gasteiger partial charge < -0.3 is 0 Å². The lowest BCUT2D eigenvalue weighted by atomic mass is 9.97. The molecule has 20 heavy (non-hydrogen) atoms. The minimum Gasteiger partial charge on any atom is -0.250 e. The highest BCUT2D eigenvalue weighted by molar-refractivity contribution is 9.09. The number of rotatable bonds is 6. The Morgan fingerprint density at radius 3 is 2.80 bits per heavy atom. The Kier molecular flexibility index (Phi) is 5.29. The fourth-order valence-electron chi connectivity index (χ4n) is 2.19. The van der Waals surface area contributed by atoms with Crippen molar-refractivity contribution in [2.24, 2.45) is 5.92 Å². The van der Waals surface area contributed by atoms with Crippen molar-refractivity contribution < 1.29 is 4.39 Å². The number of hydrogen-bond acceptors (Lipinski definition) is 2. The molecule has 0 amide bonds. The molecule has 5 heteroatoms. The molecule has 0 radical (unpaired) electrons. The van der Waals surface area contributed by atoms with E-state index in [2.05, 4.69) is 39.9 Å². The van der Waals surface area contributed by atoms with Crippen LogP contribution in [0.25, 0.3) is 0 Å². The Hall–Kier alpha value is -1.23. The molecule has 1 heterocycles. The summed E-state index contributed by atoms with van der Waals surface area (Å²) in [7, 11) is 0. The highest BCUT2D eigenvalue weighted by Crippen LogP contribution is 2.23. The van der Waals surface area contributed by atoms with E-state index in [4.69, 9.17) is 0 Å². The van der Waals surface area contributed by atoms with E-state index in [1.165, 1.54) is 6.07 Å². The monoisotopic (exact) mass is 339 g/mol. The van der Waals surface area contributed by atoms with Gasteiger partial charge in [0.15, 0.2) is 0 Å². The van der Waals surface area contributed by atoms with E-state index in [0.717, 1.165) is 29.7 Å². The lowest BCUT2D eigenvalue weighted by Gasteiger charge is -2.15. The zero-order valence-corrected chi connectivity index (χ0v) is 13.3. The molecule has 0 N–H and O–H groups in total. The molecule has 0 fully saturated rings. The van der Waals surface area contributed by atoms with Crippen molar-refractivity contribution in [1.82, 2.24) is 14.8 Å². The first-order chi connectivity index (χ1) is 9.60. The van der Waals surface area contributed by atoms with Gasteiger partial charge in [-0.3, -0.25) is 0 Å². The molecule has 1 aromatic carbocycles. The van der Waals surface area contributed by atoms with Gasteiger partial charge in [0, 0.05) is 24.2 Å². The maximum Gasteiger partial charge on any atom is 0.138 e. The van der Waals surface area contributed by atoms with Gasteiger partial charge in [-0.15, -0.1) is 0 Å². The van der Waals surface area contributed by atoms with Crippen molar-refractivity contribution in [3.8, 4) is 0 Å². The zero-order valence-electron chi connectivity index (χ0n) is 11.8. The van der Waals surface area contributed by atoms with Crippen LogP contribution in [-0.2, 0) is 13.0 Å². The lowest BCUT2D eigenvalue weighted by Crippen LogP contribution is -2.14. The second-order valence-electron chi connectivity index (χ2n) is 5.36. The molecule has 0 aliphatic carbocycles. The zero-order chi connectivity index (χ0) is 14.5. The van der Waals surface area contributed by atoms with E-state index < -0.39 is 0 Å². The van der Waals surface area contributed by atoms with E-state index in [-0.39, 0.29) is 11.7 Å². The molecule has 1 atom stereocenters. The summed E-state index contributed by atoms with van der Waals surface area (Å²) in [6.45, 7) is 5.16. The smallest absolute Gasteiger partial charge is 0.138 e. The number of alkyl halides is 1. The van der Waals surface area contributed by atoms with Crippen LogP contribution < -0.4 is 0 Å². The molecule has 2 rings (SSSR count). The predicted molar refractivity (Wildman–Crippen MR) is 81.5 cm³/mol. The van der Waals surface area contributed by atoms with Crippen LogP contribution in [-0.4, -0.2) is 20.1 Å². The highest BCUT2D eigenvalue weighted by Gasteiger charge is 2.16. The van der Waals surface area contributed by atoms with E-state index >= 15 is 0 Å². The van der Waals surface area contributed by atoms with Crippen LogP contribution in [0.2, 0.25) is 0 Å². The Bertz CT molecular complexity index is 554. The van der Waals surface area contributed by atoms with Gasteiger partial charge in [0.25, 0.3) is 0 Å². The summed E-state index contributed by atoms with van der Waals surface area (Å²) in [6, 6.07) is 6.77. The number of aromatic nitrogens is 3. The van der Waals surface area contributed by atoms with Crippen molar-refractivity contribution in [2.75, 3.05) is 5.33 Å². The molecule has 1 unspecified atom stereocenters. The summed E-state index contributed by atoms with van der Waals surface area (Å²) in [5, 5.41) is 5.04. The van der Waals surface area contributed by atoms with E-state index in [1.807, 2.05) is 10.7 Å². The van der Waals surface area contributed by atoms with E-state index in [0.29, 0.717) is 5.92 Å². The van der Waals surface area contributed by atoms with Crippen molar-refractivity contribution >= 4 is 15.9 Å². The third-order valence-electron chi connectivity index (χ3n) is 3.17. The van der Waals surface area contributed by atoms with Crippen LogP contribution in [0.15, 0.2) is 30.6 Å². The normalized spacial score (nSPS) is 12.8. The van der Waals surface area contributed by atoms with Crippen LogP contribution >= 0.6 is 15.9 Å². The highest BCUT2D eigenvalue weighted by atomic mass is 79.9. The molecule has 0 saturated heterocycles. The number of benzene rings is 1. The minimum atomic E-state index is -0.197. The molecule has 0 bridgehead atoms. The average Bonchev–Trinajstić information content (AvgIpc) is 2.82. The number of halogens is 2. The SMILES string of the molecule is CC(C)Cn1ncnc1CC(CBr)c1cccc(F)c1. The van der Waals surface area contributed by atoms with Crippen molar-refractivity contribution in [2.45, 2.75) is 32.7 Å². The van der Waals surface area contributed by atoms with Crippen LogP contribution in [0.3, 0.4) is 0 Å². The maximum atomic E-state index is 13.3. The first kappa shape index (κ1) is 15.2. The molecule has 1 aromatic heterocycles. The molecular weight excluding hydrogens is 321 g/mol. The van der Waals surface area contributed by atoms with Crippen molar-refractivity contribution in [1.29, 1.82) is 0 Å². The molecule has 0 aliphatic rings. The molecule has 0 aliphatic heterocycles. The van der Waals surface area contributed by atoms with Gasteiger partial charge in [-0.1, -0.05) is 41.9 Å². The first-order valence-electron chi connectivity index (χ1n) is 6.78. The standard InChI is InChI=1S/C15H19BrFN3/c1-11(2)9-20-15(18-10-19-20)7-13(8-16)12-4-3-5-14(17)6-12/h3-6,10-11,13H,7-9H2,1-2H3. The molecule has 2 aromatic rings. The number of nitrogens with zero attached hydrogens (tertiary/aromatic N) is 3. The van der Waals surface area contributed by atoms with Crippen molar-refractivity contribution in [3.05, 3.63) is 47.8 Å². The van der Waals surface area contributed by atoms with Crippen LogP contribution in [0.4, 0.5) is 4.39 Å². The Morgan fingerprint density at radius 2 is 2.15 bits per heavy atom. The van der Waals surface area contributed by atoms with Crippen LogP contribution in [0, 0.1) is 11.7 Å². The quantitative estimate of drug-likeness (QED) is 0.749. The maximum absolute atomic E-state index is 13.3. The molecule has 0 spiro atoms. The third-order valence-corrected chi connectivity index (χ3v) is 3.95. The van der Waals surface area contributed by atoms with Gasteiger partial charge in [-0.05, 0) is 23.6 Å². The van der Waals surface area contributed by atoms with E-state index in [9.17, 15) is 4.39 Å². The lowest BCUT2D eigenvalue weighted by molar-refractivity contribution is 0.461. The fraction of sp³-hybridized carbons (Fsp3) is 0.467. The predicted octanol–water partition coefficient (Wildman–Crippen LogP) is 3.79. The largest absolute Gasteiger partial charge is 0.250 e. The fourth-order valence-corrected chi connectivity index (χ4v) is 2.79. The summed E-state index contributed by atoms with van der Waals surface area (Å²) in [4.78, 5) is 4.34. The Morgan fingerprint density at radius 1 is 1.35 bits per heavy atom. The van der Waals surface area contributed by atoms with Gasteiger partial charge >= 0.3 is 0 Å². The Labute approximate surface area is 127 Å². The molecular formula is C15H19BrFN3. The summed E-state index contributed by atoms with van der Waals surface area (Å²) >= 11 is 3.52. The summed E-state index contributed by atoms with van der Waals surface area (Å²) < 4.78 is 15.3. The summed E-state index contributed by atoms with van der Waals surface area (Å²) in [6.07, 6.45) is 2.34. The summed E-state index contributed by atoms with van der Waals surface area (Å²) in [5.74, 6) is 1.47. The first-order valence-corrected chi connectivity index (χ1v) is 7.90. The van der Waals surface area contributed by atoms with Crippen LogP contribution in [0.1, 0.15) is 31.2 Å². The molecule has 3 nitrogen and oxygen atoms in total. The van der Waals surface area contributed by atoms with Crippen LogP contribution in [0.5, 0.6) is 0 Å².